The second-order valence-electron chi connectivity index (χ2n) is 5.68. The Kier molecular flexibility index (Phi) is 2.76. The second kappa shape index (κ2) is 4.25. The number of hydrogen-bond acceptors (Lipinski definition) is 1. The van der Waals surface area contributed by atoms with Gasteiger partial charge in [0.25, 0.3) is 0 Å². The van der Waals surface area contributed by atoms with Crippen LogP contribution in [0.2, 0.25) is 0 Å². The molecule has 2 aliphatic rings. The molecule has 2 heteroatoms. The summed E-state index contributed by atoms with van der Waals surface area (Å²) in [6.45, 7) is 2.25. The van der Waals surface area contributed by atoms with E-state index < -0.39 is 0 Å². The normalized spacial score (nSPS) is 32.4. The average molecular weight is 218 g/mol. The fraction of sp³-hybridized carbons (Fsp3) is 0.714. The third kappa shape index (κ3) is 1.91. The maximum absolute atomic E-state index is 3.63. The van der Waals surface area contributed by atoms with Crippen molar-refractivity contribution in [3.63, 3.8) is 0 Å². The van der Waals surface area contributed by atoms with Gasteiger partial charge < -0.3 is 9.88 Å². The first-order valence-corrected chi connectivity index (χ1v) is 6.64. The van der Waals surface area contributed by atoms with Crippen molar-refractivity contribution >= 4 is 0 Å². The molecule has 2 saturated carbocycles. The lowest BCUT2D eigenvalue weighted by Crippen LogP contribution is -2.26. The van der Waals surface area contributed by atoms with Gasteiger partial charge in [-0.3, -0.25) is 0 Å². The van der Waals surface area contributed by atoms with Crippen molar-refractivity contribution in [2.24, 2.45) is 24.8 Å². The van der Waals surface area contributed by atoms with Gasteiger partial charge in [0.2, 0.25) is 0 Å². The quantitative estimate of drug-likeness (QED) is 0.822. The highest BCUT2D eigenvalue weighted by Crippen LogP contribution is 2.47. The van der Waals surface area contributed by atoms with Crippen molar-refractivity contribution in [1.29, 1.82) is 0 Å². The maximum Gasteiger partial charge on any atom is 0.0359 e. The molecule has 1 N–H and O–H groups in total. The van der Waals surface area contributed by atoms with Gasteiger partial charge >= 0.3 is 0 Å². The zero-order valence-electron chi connectivity index (χ0n) is 10.2. The molecule has 3 atom stereocenters. The number of fused-ring (bicyclic) bond motifs is 2. The van der Waals surface area contributed by atoms with E-state index >= 15 is 0 Å². The summed E-state index contributed by atoms with van der Waals surface area (Å²) in [7, 11) is 2.12. The Hall–Kier alpha value is -0.760. The van der Waals surface area contributed by atoms with E-state index in [9.17, 15) is 0 Å². The number of aromatic nitrogens is 1. The summed E-state index contributed by atoms with van der Waals surface area (Å²) in [5.74, 6) is 3.09. The standard InChI is InChI=1S/C14H22N2/c1-16-6-2-3-14(16)10-15-9-13-8-11-4-5-12(13)7-11/h2-3,6,11-13,15H,4-5,7-10H2,1H3. The molecule has 3 unspecified atom stereocenters. The Bertz CT molecular complexity index is 355. The Balaban J connectivity index is 1.46. The number of aryl methyl sites for hydroxylation is 1. The molecule has 0 aromatic carbocycles. The van der Waals surface area contributed by atoms with E-state index in [-0.39, 0.29) is 0 Å². The van der Waals surface area contributed by atoms with Gasteiger partial charge in [0.15, 0.2) is 0 Å². The minimum atomic E-state index is 0.971. The molecule has 0 spiro atoms. The molecule has 1 heterocycles. The van der Waals surface area contributed by atoms with Crippen molar-refractivity contribution < 1.29 is 0 Å². The minimum absolute atomic E-state index is 0.971. The molecule has 2 fully saturated rings. The van der Waals surface area contributed by atoms with Crippen LogP contribution in [0.5, 0.6) is 0 Å². The summed E-state index contributed by atoms with van der Waals surface area (Å²) in [4.78, 5) is 0. The SMILES string of the molecule is Cn1cccc1CNCC1CC2CCC1C2. The number of nitrogens with zero attached hydrogens (tertiary/aromatic N) is 1. The summed E-state index contributed by atoms with van der Waals surface area (Å²) in [6.07, 6.45) is 8.15. The van der Waals surface area contributed by atoms with Gasteiger partial charge in [0.05, 0.1) is 0 Å². The van der Waals surface area contributed by atoms with Gasteiger partial charge in [-0.1, -0.05) is 6.42 Å². The predicted octanol–water partition coefficient (Wildman–Crippen LogP) is 2.55. The number of hydrogen-bond donors (Lipinski definition) is 1. The molecule has 0 aliphatic heterocycles. The highest BCUT2D eigenvalue weighted by molar-refractivity contribution is 5.06. The number of rotatable bonds is 4. The highest BCUT2D eigenvalue weighted by Gasteiger charge is 2.38. The lowest BCUT2D eigenvalue weighted by molar-refractivity contribution is 0.317. The van der Waals surface area contributed by atoms with Crippen LogP contribution in [0.15, 0.2) is 18.3 Å². The molecule has 2 nitrogen and oxygen atoms in total. The highest BCUT2D eigenvalue weighted by atomic mass is 15.0. The van der Waals surface area contributed by atoms with E-state index in [4.69, 9.17) is 0 Å². The Morgan fingerprint density at radius 3 is 2.94 bits per heavy atom. The third-order valence-corrected chi connectivity index (χ3v) is 4.65. The second-order valence-corrected chi connectivity index (χ2v) is 5.68. The molecular formula is C14H22N2. The predicted molar refractivity (Wildman–Crippen MR) is 66.1 cm³/mol. The molecule has 2 bridgehead atoms. The molecule has 88 valence electrons. The van der Waals surface area contributed by atoms with Crippen LogP contribution in [-0.2, 0) is 13.6 Å². The molecule has 1 aromatic rings. The topological polar surface area (TPSA) is 17.0 Å². The largest absolute Gasteiger partial charge is 0.353 e. The van der Waals surface area contributed by atoms with Crippen LogP contribution in [0.1, 0.15) is 31.4 Å². The lowest BCUT2D eigenvalue weighted by Gasteiger charge is -2.21. The molecule has 0 saturated heterocycles. The molecule has 16 heavy (non-hydrogen) atoms. The summed E-state index contributed by atoms with van der Waals surface area (Å²) in [6, 6.07) is 4.32. The smallest absolute Gasteiger partial charge is 0.0359 e. The van der Waals surface area contributed by atoms with Crippen LogP contribution < -0.4 is 5.32 Å². The van der Waals surface area contributed by atoms with Crippen molar-refractivity contribution in [2.45, 2.75) is 32.2 Å². The van der Waals surface area contributed by atoms with Crippen LogP contribution in [0.4, 0.5) is 0 Å². The van der Waals surface area contributed by atoms with Crippen LogP contribution in [0.25, 0.3) is 0 Å². The van der Waals surface area contributed by atoms with E-state index in [1.807, 2.05) is 0 Å². The monoisotopic (exact) mass is 218 g/mol. The van der Waals surface area contributed by atoms with Crippen molar-refractivity contribution in [1.82, 2.24) is 9.88 Å². The first kappa shape index (κ1) is 10.4. The van der Waals surface area contributed by atoms with E-state index in [0.717, 1.165) is 24.3 Å². The molecular weight excluding hydrogens is 196 g/mol. The van der Waals surface area contributed by atoms with Crippen molar-refractivity contribution in [2.75, 3.05) is 6.54 Å². The van der Waals surface area contributed by atoms with E-state index in [1.165, 1.54) is 37.9 Å². The summed E-state index contributed by atoms with van der Waals surface area (Å²) < 4.78 is 2.20. The zero-order valence-corrected chi connectivity index (χ0v) is 10.2. The lowest BCUT2D eigenvalue weighted by atomic mass is 9.89. The van der Waals surface area contributed by atoms with Crippen LogP contribution >= 0.6 is 0 Å². The fourth-order valence-corrected chi connectivity index (χ4v) is 3.69. The Morgan fingerprint density at radius 1 is 1.38 bits per heavy atom. The maximum atomic E-state index is 3.63. The molecule has 2 aliphatic carbocycles. The first-order chi connectivity index (χ1) is 7.83. The van der Waals surface area contributed by atoms with Crippen LogP contribution in [-0.4, -0.2) is 11.1 Å². The van der Waals surface area contributed by atoms with Gasteiger partial charge in [-0.25, -0.2) is 0 Å². The summed E-state index contributed by atoms with van der Waals surface area (Å²) >= 11 is 0. The molecule has 3 rings (SSSR count). The van der Waals surface area contributed by atoms with Crippen LogP contribution in [0, 0.1) is 17.8 Å². The third-order valence-electron chi connectivity index (χ3n) is 4.65. The Morgan fingerprint density at radius 2 is 2.31 bits per heavy atom. The molecule has 0 radical (unpaired) electrons. The first-order valence-electron chi connectivity index (χ1n) is 6.64. The summed E-state index contributed by atoms with van der Waals surface area (Å²) in [5.41, 5.74) is 1.39. The van der Waals surface area contributed by atoms with E-state index in [2.05, 4.69) is 35.3 Å². The van der Waals surface area contributed by atoms with Gasteiger partial charge in [0.1, 0.15) is 0 Å². The van der Waals surface area contributed by atoms with Crippen LogP contribution in [0.3, 0.4) is 0 Å². The van der Waals surface area contributed by atoms with E-state index in [1.54, 1.807) is 0 Å². The fourth-order valence-electron chi connectivity index (χ4n) is 3.69. The van der Waals surface area contributed by atoms with Gasteiger partial charge in [-0.05, 0) is 55.7 Å². The van der Waals surface area contributed by atoms with Crippen molar-refractivity contribution in [3.8, 4) is 0 Å². The number of nitrogens with one attached hydrogen (secondary N) is 1. The van der Waals surface area contributed by atoms with Gasteiger partial charge in [-0.15, -0.1) is 0 Å². The zero-order chi connectivity index (χ0) is 11.0. The van der Waals surface area contributed by atoms with Gasteiger partial charge in [0, 0.05) is 25.5 Å². The van der Waals surface area contributed by atoms with E-state index in [0.29, 0.717) is 0 Å². The molecule has 1 aromatic heterocycles. The van der Waals surface area contributed by atoms with Crippen molar-refractivity contribution in [3.05, 3.63) is 24.0 Å². The van der Waals surface area contributed by atoms with Gasteiger partial charge in [-0.2, -0.15) is 0 Å². The Labute approximate surface area is 98.0 Å². The summed E-state index contributed by atoms with van der Waals surface area (Å²) in [5, 5.41) is 3.63. The minimum Gasteiger partial charge on any atom is -0.353 e. The average Bonchev–Trinajstić information content (AvgIpc) is 2.96. The molecule has 0 amide bonds.